The smallest absolute Gasteiger partial charge is 0.0946 e. The number of aryl methyl sites for hydroxylation is 3. The van der Waals surface area contributed by atoms with Crippen molar-refractivity contribution in [1.82, 2.24) is 24.6 Å². The molecule has 1 N–H and O–H groups in total. The minimum absolute atomic E-state index is 0.277. The van der Waals surface area contributed by atoms with Gasteiger partial charge in [-0.05, 0) is 26.0 Å². The summed E-state index contributed by atoms with van der Waals surface area (Å²) in [7, 11) is 2.04. The first kappa shape index (κ1) is 14.8. The van der Waals surface area contributed by atoms with Gasteiger partial charge in [-0.25, -0.2) is 4.98 Å². The third-order valence-corrected chi connectivity index (χ3v) is 3.65. The number of nitrogens with zero attached hydrogens (tertiary/aromatic N) is 4. The lowest BCUT2D eigenvalue weighted by Crippen LogP contribution is -2.25. The molecule has 1 atom stereocenters. The van der Waals surface area contributed by atoms with Crippen LogP contribution >= 0.6 is 0 Å². The van der Waals surface area contributed by atoms with Crippen LogP contribution in [0.25, 0.3) is 0 Å². The van der Waals surface area contributed by atoms with Gasteiger partial charge < -0.3 is 9.88 Å². The first-order valence-corrected chi connectivity index (χ1v) is 7.44. The van der Waals surface area contributed by atoms with Crippen molar-refractivity contribution in [2.75, 3.05) is 6.54 Å². The van der Waals surface area contributed by atoms with Gasteiger partial charge in [0.15, 0.2) is 0 Å². The van der Waals surface area contributed by atoms with Crippen molar-refractivity contribution in [3.63, 3.8) is 0 Å². The van der Waals surface area contributed by atoms with Gasteiger partial charge in [-0.3, -0.25) is 4.68 Å². The van der Waals surface area contributed by atoms with Gasteiger partial charge in [-0.15, -0.1) is 0 Å². The molecule has 0 fully saturated rings. The first-order valence-electron chi connectivity index (χ1n) is 7.44. The van der Waals surface area contributed by atoms with Crippen molar-refractivity contribution in [1.29, 1.82) is 0 Å². The Bertz CT molecular complexity index is 540. The van der Waals surface area contributed by atoms with E-state index in [0.29, 0.717) is 0 Å². The largest absolute Gasteiger partial charge is 0.336 e. The van der Waals surface area contributed by atoms with Crippen molar-refractivity contribution in [2.24, 2.45) is 7.05 Å². The molecule has 0 radical (unpaired) electrons. The Morgan fingerprint density at radius 1 is 1.30 bits per heavy atom. The van der Waals surface area contributed by atoms with Crippen molar-refractivity contribution in [3.8, 4) is 0 Å². The van der Waals surface area contributed by atoms with Crippen LogP contribution in [0.15, 0.2) is 18.6 Å². The Morgan fingerprint density at radius 3 is 2.65 bits per heavy atom. The molecule has 2 rings (SSSR count). The van der Waals surface area contributed by atoms with Crippen LogP contribution in [-0.2, 0) is 26.4 Å². The van der Waals surface area contributed by atoms with Crippen LogP contribution in [0, 0.1) is 0 Å². The summed E-state index contributed by atoms with van der Waals surface area (Å²) in [6.45, 7) is 8.28. The van der Waals surface area contributed by atoms with Crippen LogP contribution in [0.2, 0.25) is 0 Å². The third kappa shape index (κ3) is 3.10. The topological polar surface area (TPSA) is 47.7 Å². The SMILES string of the molecule is CCNC(Cc1cc(CC)nn1CC)c1cncn1C. The van der Waals surface area contributed by atoms with Gasteiger partial charge in [0.2, 0.25) is 0 Å². The molecule has 0 aromatic carbocycles. The molecule has 0 spiro atoms. The number of aromatic nitrogens is 4. The number of likely N-dealkylation sites (N-methyl/N-ethyl adjacent to an activating group) is 1. The summed E-state index contributed by atoms with van der Waals surface area (Å²) in [6.07, 6.45) is 5.72. The molecule has 2 aromatic heterocycles. The number of hydrogen-bond acceptors (Lipinski definition) is 3. The van der Waals surface area contributed by atoms with Gasteiger partial charge in [0.25, 0.3) is 0 Å². The van der Waals surface area contributed by atoms with E-state index in [1.54, 1.807) is 0 Å². The quantitative estimate of drug-likeness (QED) is 0.841. The summed E-state index contributed by atoms with van der Waals surface area (Å²) < 4.78 is 4.19. The van der Waals surface area contributed by atoms with E-state index in [2.05, 4.69) is 51.5 Å². The minimum atomic E-state index is 0.277. The van der Waals surface area contributed by atoms with Crippen molar-refractivity contribution < 1.29 is 0 Å². The van der Waals surface area contributed by atoms with Crippen LogP contribution in [0.1, 0.15) is 43.9 Å². The normalized spacial score (nSPS) is 12.8. The molecular weight excluding hydrogens is 250 g/mol. The molecule has 0 saturated carbocycles. The lowest BCUT2D eigenvalue weighted by molar-refractivity contribution is 0.495. The molecule has 2 aromatic rings. The van der Waals surface area contributed by atoms with Crippen LogP contribution in [-0.4, -0.2) is 25.9 Å². The molecule has 110 valence electrons. The van der Waals surface area contributed by atoms with Gasteiger partial charge in [0.05, 0.1) is 23.8 Å². The highest BCUT2D eigenvalue weighted by atomic mass is 15.3. The van der Waals surface area contributed by atoms with Crippen molar-refractivity contribution in [2.45, 2.75) is 46.2 Å². The highest BCUT2D eigenvalue weighted by Crippen LogP contribution is 2.19. The molecule has 0 aliphatic carbocycles. The monoisotopic (exact) mass is 275 g/mol. The summed E-state index contributed by atoms with van der Waals surface area (Å²) in [5, 5.41) is 8.18. The Kier molecular flexibility index (Phi) is 4.95. The molecule has 20 heavy (non-hydrogen) atoms. The zero-order chi connectivity index (χ0) is 14.5. The standard InChI is InChI=1S/C15H25N5/c1-5-12-8-13(20(7-3)18-12)9-14(17-6-2)15-10-16-11-19(15)4/h8,10-11,14,17H,5-7,9H2,1-4H3. The summed E-state index contributed by atoms with van der Waals surface area (Å²) >= 11 is 0. The molecule has 0 saturated heterocycles. The number of rotatable bonds is 7. The maximum atomic E-state index is 4.63. The molecule has 5 nitrogen and oxygen atoms in total. The van der Waals surface area contributed by atoms with Gasteiger partial charge in [0, 0.05) is 31.9 Å². The van der Waals surface area contributed by atoms with E-state index >= 15 is 0 Å². The molecule has 2 heterocycles. The maximum absolute atomic E-state index is 4.63. The second-order valence-corrected chi connectivity index (χ2v) is 5.04. The van der Waals surface area contributed by atoms with E-state index in [1.165, 1.54) is 17.1 Å². The van der Waals surface area contributed by atoms with E-state index in [-0.39, 0.29) is 6.04 Å². The molecule has 0 aliphatic heterocycles. The minimum Gasteiger partial charge on any atom is -0.336 e. The summed E-state index contributed by atoms with van der Waals surface area (Å²) in [5.74, 6) is 0. The lowest BCUT2D eigenvalue weighted by Gasteiger charge is -2.18. The fourth-order valence-corrected chi connectivity index (χ4v) is 2.57. The average molecular weight is 275 g/mol. The summed E-state index contributed by atoms with van der Waals surface area (Å²) in [4.78, 5) is 4.23. The molecule has 1 unspecified atom stereocenters. The fourth-order valence-electron chi connectivity index (χ4n) is 2.57. The van der Waals surface area contributed by atoms with E-state index in [9.17, 15) is 0 Å². The highest BCUT2D eigenvalue weighted by Gasteiger charge is 2.17. The molecule has 5 heteroatoms. The number of hydrogen-bond donors (Lipinski definition) is 1. The highest BCUT2D eigenvalue weighted by molar-refractivity contribution is 5.15. The summed E-state index contributed by atoms with van der Waals surface area (Å²) in [6, 6.07) is 2.50. The summed E-state index contributed by atoms with van der Waals surface area (Å²) in [5.41, 5.74) is 3.67. The predicted molar refractivity (Wildman–Crippen MR) is 80.6 cm³/mol. The Morgan fingerprint density at radius 2 is 2.10 bits per heavy atom. The zero-order valence-corrected chi connectivity index (χ0v) is 12.9. The fraction of sp³-hybridized carbons (Fsp3) is 0.600. The Labute approximate surface area is 121 Å². The van der Waals surface area contributed by atoms with Crippen LogP contribution in [0.3, 0.4) is 0 Å². The van der Waals surface area contributed by atoms with Gasteiger partial charge >= 0.3 is 0 Å². The van der Waals surface area contributed by atoms with Crippen LogP contribution in [0.5, 0.6) is 0 Å². The Hall–Kier alpha value is -1.62. The maximum Gasteiger partial charge on any atom is 0.0946 e. The molecule has 0 amide bonds. The molecular formula is C15H25N5. The van der Waals surface area contributed by atoms with Crippen LogP contribution < -0.4 is 5.32 Å². The van der Waals surface area contributed by atoms with E-state index in [1.807, 2.05) is 19.6 Å². The molecule has 0 bridgehead atoms. The van der Waals surface area contributed by atoms with Crippen molar-refractivity contribution in [3.05, 3.63) is 35.7 Å². The number of imidazole rings is 1. The average Bonchev–Trinajstić information content (AvgIpc) is 3.04. The van der Waals surface area contributed by atoms with E-state index < -0.39 is 0 Å². The zero-order valence-electron chi connectivity index (χ0n) is 12.9. The van der Waals surface area contributed by atoms with E-state index in [4.69, 9.17) is 0 Å². The predicted octanol–water partition coefficient (Wildman–Crippen LogP) is 2.09. The van der Waals surface area contributed by atoms with Crippen LogP contribution in [0.4, 0.5) is 0 Å². The Balaban J connectivity index is 2.24. The first-order chi connectivity index (χ1) is 9.69. The van der Waals surface area contributed by atoms with Crippen molar-refractivity contribution >= 4 is 0 Å². The third-order valence-electron chi connectivity index (χ3n) is 3.65. The second kappa shape index (κ2) is 6.70. The number of nitrogens with one attached hydrogen (secondary N) is 1. The van der Waals surface area contributed by atoms with E-state index in [0.717, 1.165) is 25.9 Å². The lowest BCUT2D eigenvalue weighted by atomic mass is 10.1. The van der Waals surface area contributed by atoms with Gasteiger partial charge in [0.1, 0.15) is 0 Å². The second-order valence-electron chi connectivity index (χ2n) is 5.04. The van der Waals surface area contributed by atoms with Gasteiger partial charge in [-0.2, -0.15) is 5.10 Å². The molecule has 0 aliphatic rings. The van der Waals surface area contributed by atoms with Gasteiger partial charge in [-0.1, -0.05) is 13.8 Å².